The molecule has 30 heavy (non-hydrogen) atoms. The molecule has 4 nitrogen and oxygen atoms in total. The van der Waals surface area contributed by atoms with Gasteiger partial charge in [-0.3, -0.25) is 0 Å². The highest BCUT2D eigenvalue weighted by Gasteiger charge is 2.23. The summed E-state index contributed by atoms with van der Waals surface area (Å²) in [5, 5.41) is 2.33. The van der Waals surface area contributed by atoms with E-state index in [-0.39, 0.29) is 5.92 Å². The molecule has 0 atom stereocenters. The quantitative estimate of drug-likeness (QED) is 0.374. The van der Waals surface area contributed by atoms with E-state index in [0.29, 0.717) is 0 Å². The van der Waals surface area contributed by atoms with Crippen molar-refractivity contribution >= 4 is 21.8 Å². The average molecular weight is 396 g/mol. The Morgan fingerprint density at radius 2 is 1.17 bits per heavy atom. The molecule has 0 saturated carbocycles. The van der Waals surface area contributed by atoms with Crippen LogP contribution in [0, 0.1) is 6.92 Å². The molecule has 0 radical (unpaired) electrons. The van der Waals surface area contributed by atoms with Gasteiger partial charge in [-0.2, -0.15) is 0 Å². The molecule has 0 amide bonds. The van der Waals surface area contributed by atoms with Crippen molar-refractivity contribution in [1.82, 2.24) is 9.97 Å². The maximum atomic E-state index is 5.50. The van der Waals surface area contributed by atoms with Crippen molar-refractivity contribution in [3.8, 4) is 11.5 Å². The van der Waals surface area contributed by atoms with Crippen molar-refractivity contribution in [2.75, 3.05) is 14.2 Å². The minimum Gasteiger partial charge on any atom is -0.497 e. The van der Waals surface area contributed by atoms with Crippen molar-refractivity contribution in [3.63, 3.8) is 0 Å². The predicted molar refractivity (Wildman–Crippen MR) is 122 cm³/mol. The lowest BCUT2D eigenvalue weighted by molar-refractivity contribution is 0.415. The van der Waals surface area contributed by atoms with E-state index in [1.165, 1.54) is 22.3 Å². The lowest BCUT2D eigenvalue weighted by Gasteiger charge is -2.18. The molecule has 2 aromatic heterocycles. The molecule has 0 aliphatic rings. The summed E-state index contributed by atoms with van der Waals surface area (Å²) in [4.78, 5) is 6.89. The number of ether oxygens (including phenoxy) is 2. The molecule has 5 rings (SSSR count). The van der Waals surface area contributed by atoms with Gasteiger partial charge in [0.25, 0.3) is 0 Å². The number of H-pyrrole nitrogens is 2. The Kier molecular flexibility index (Phi) is 4.47. The number of aryl methyl sites for hydroxylation is 1. The van der Waals surface area contributed by atoms with E-state index in [0.717, 1.165) is 33.3 Å². The summed E-state index contributed by atoms with van der Waals surface area (Å²) in [7, 11) is 3.41. The van der Waals surface area contributed by atoms with Gasteiger partial charge in [-0.05, 0) is 60.0 Å². The van der Waals surface area contributed by atoms with E-state index in [4.69, 9.17) is 9.47 Å². The van der Waals surface area contributed by atoms with Crippen molar-refractivity contribution in [2.24, 2.45) is 0 Å². The fourth-order valence-electron chi connectivity index (χ4n) is 4.26. The Labute approximate surface area is 175 Å². The minimum absolute atomic E-state index is 0.0623. The minimum atomic E-state index is 0.0623. The van der Waals surface area contributed by atoms with E-state index in [9.17, 15) is 0 Å². The van der Waals surface area contributed by atoms with Crippen LogP contribution in [0.25, 0.3) is 21.8 Å². The summed E-state index contributed by atoms with van der Waals surface area (Å²) in [6, 6.07) is 21.1. The van der Waals surface area contributed by atoms with Crippen LogP contribution in [0.15, 0.2) is 73.1 Å². The Balaban J connectivity index is 1.78. The third-order valence-corrected chi connectivity index (χ3v) is 5.87. The molecule has 0 aliphatic heterocycles. The molecule has 4 heteroatoms. The standard InChI is InChI=1S/C26H24N2O2/c1-16-4-6-17(7-5-16)26(22-14-27-24-10-8-18(29-2)12-20(22)24)23-15-28-25-11-9-19(30-3)13-21(23)25/h4-15,26-28H,1-3H3. The number of nitrogens with one attached hydrogen (secondary N) is 2. The number of hydrogen-bond donors (Lipinski definition) is 2. The number of fused-ring (bicyclic) bond motifs is 2. The van der Waals surface area contributed by atoms with E-state index in [1.54, 1.807) is 14.2 Å². The van der Waals surface area contributed by atoms with Gasteiger partial charge in [0.15, 0.2) is 0 Å². The lowest BCUT2D eigenvalue weighted by atomic mass is 9.84. The van der Waals surface area contributed by atoms with Gasteiger partial charge in [0, 0.05) is 40.1 Å². The zero-order valence-corrected chi connectivity index (χ0v) is 17.3. The predicted octanol–water partition coefficient (Wildman–Crippen LogP) is 6.16. The monoisotopic (exact) mass is 396 g/mol. The molecular weight excluding hydrogens is 372 g/mol. The molecule has 0 unspecified atom stereocenters. The van der Waals surface area contributed by atoms with Gasteiger partial charge in [0.1, 0.15) is 11.5 Å². The first-order valence-corrected chi connectivity index (χ1v) is 10.0. The second-order valence-electron chi connectivity index (χ2n) is 7.65. The van der Waals surface area contributed by atoms with Crippen LogP contribution in [0.4, 0.5) is 0 Å². The SMILES string of the molecule is COc1ccc2[nH]cc(C(c3ccc(C)cc3)c3c[nH]c4ccc(OC)cc34)c2c1. The Morgan fingerprint density at radius 1 is 0.667 bits per heavy atom. The number of hydrogen-bond acceptors (Lipinski definition) is 2. The summed E-state index contributed by atoms with van der Waals surface area (Å²) in [5.41, 5.74) is 7.13. The third kappa shape index (κ3) is 3.01. The summed E-state index contributed by atoms with van der Waals surface area (Å²) in [6.07, 6.45) is 4.24. The molecule has 0 bridgehead atoms. The van der Waals surface area contributed by atoms with E-state index in [2.05, 4.69) is 77.8 Å². The highest BCUT2D eigenvalue weighted by atomic mass is 16.5. The van der Waals surface area contributed by atoms with E-state index < -0.39 is 0 Å². The molecule has 0 spiro atoms. The highest BCUT2D eigenvalue weighted by molar-refractivity contribution is 5.90. The van der Waals surface area contributed by atoms with Gasteiger partial charge >= 0.3 is 0 Å². The van der Waals surface area contributed by atoms with Crippen LogP contribution in [0.5, 0.6) is 11.5 Å². The highest BCUT2D eigenvalue weighted by Crippen LogP contribution is 2.40. The first-order chi connectivity index (χ1) is 14.7. The van der Waals surface area contributed by atoms with Crippen LogP contribution in [-0.2, 0) is 0 Å². The summed E-state index contributed by atoms with van der Waals surface area (Å²) in [5.74, 6) is 1.77. The average Bonchev–Trinajstić information content (AvgIpc) is 3.39. The van der Waals surface area contributed by atoms with Crippen LogP contribution in [0.1, 0.15) is 28.2 Å². The first-order valence-electron chi connectivity index (χ1n) is 10.0. The van der Waals surface area contributed by atoms with Gasteiger partial charge in [-0.15, -0.1) is 0 Å². The zero-order chi connectivity index (χ0) is 20.7. The molecule has 0 aliphatic carbocycles. The van der Waals surface area contributed by atoms with Crippen LogP contribution >= 0.6 is 0 Å². The second kappa shape index (κ2) is 7.30. The molecule has 5 aromatic rings. The molecule has 2 N–H and O–H groups in total. The van der Waals surface area contributed by atoms with Crippen molar-refractivity contribution in [2.45, 2.75) is 12.8 Å². The zero-order valence-electron chi connectivity index (χ0n) is 17.3. The van der Waals surface area contributed by atoms with Gasteiger partial charge < -0.3 is 19.4 Å². The maximum absolute atomic E-state index is 5.50. The number of aromatic amines is 2. The van der Waals surface area contributed by atoms with Gasteiger partial charge in [0.05, 0.1) is 14.2 Å². The molecule has 3 aromatic carbocycles. The van der Waals surface area contributed by atoms with Crippen LogP contribution in [0.2, 0.25) is 0 Å². The summed E-state index contributed by atoms with van der Waals surface area (Å²) < 4.78 is 11.0. The molecular formula is C26H24N2O2. The summed E-state index contributed by atoms with van der Waals surface area (Å²) >= 11 is 0. The molecule has 150 valence electrons. The van der Waals surface area contributed by atoms with Crippen LogP contribution < -0.4 is 9.47 Å². The van der Waals surface area contributed by atoms with Crippen LogP contribution in [-0.4, -0.2) is 24.2 Å². The largest absolute Gasteiger partial charge is 0.497 e. The second-order valence-corrected chi connectivity index (χ2v) is 7.65. The third-order valence-electron chi connectivity index (χ3n) is 5.87. The topological polar surface area (TPSA) is 50.0 Å². The number of methoxy groups -OCH3 is 2. The Morgan fingerprint density at radius 3 is 1.63 bits per heavy atom. The smallest absolute Gasteiger partial charge is 0.119 e. The van der Waals surface area contributed by atoms with Crippen molar-refractivity contribution in [1.29, 1.82) is 0 Å². The normalized spacial score (nSPS) is 11.5. The summed E-state index contributed by atoms with van der Waals surface area (Å²) in [6.45, 7) is 2.12. The Bertz CT molecular complexity index is 1250. The van der Waals surface area contributed by atoms with Gasteiger partial charge in [-0.1, -0.05) is 29.8 Å². The van der Waals surface area contributed by atoms with E-state index >= 15 is 0 Å². The molecule has 0 fully saturated rings. The maximum Gasteiger partial charge on any atom is 0.119 e. The number of benzene rings is 3. The Hall–Kier alpha value is -3.66. The first kappa shape index (κ1) is 18.4. The van der Waals surface area contributed by atoms with E-state index in [1.807, 2.05) is 12.1 Å². The molecule has 0 saturated heterocycles. The van der Waals surface area contributed by atoms with Crippen molar-refractivity contribution < 1.29 is 9.47 Å². The van der Waals surface area contributed by atoms with Gasteiger partial charge in [0.2, 0.25) is 0 Å². The lowest BCUT2D eigenvalue weighted by Crippen LogP contribution is -2.02. The number of aromatic nitrogens is 2. The van der Waals surface area contributed by atoms with Gasteiger partial charge in [-0.25, -0.2) is 0 Å². The van der Waals surface area contributed by atoms with Crippen LogP contribution in [0.3, 0.4) is 0 Å². The molecule has 2 heterocycles. The fourth-order valence-corrected chi connectivity index (χ4v) is 4.26. The fraction of sp³-hybridized carbons (Fsp3) is 0.154. The van der Waals surface area contributed by atoms with Crippen molar-refractivity contribution in [3.05, 3.63) is 95.3 Å². The number of rotatable bonds is 5.